The number of fused-ring (bicyclic) bond motifs is 1. The summed E-state index contributed by atoms with van der Waals surface area (Å²) in [6, 6.07) is 0. The molecule has 2 nitrogen and oxygen atoms in total. The highest BCUT2D eigenvalue weighted by molar-refractivity contribution is 9.11. The van der Waals surface area contributed by atoms with Crippen LogP contribution in [-0.2, 0) is 13.0 Å². The molecule has 0 aliphatic carbocycles. The third-order valence-corrected chi connectivity index (χ3v) is 4.18. The van der Waals surface area contributed by atoms with Crippen molar-refractivity contribution in [3.8, 4) is 0 Å². The highest BCUT2D eigenvalue weighted by Gasteiger charge is 2.19. The topological polar surface area (TPSA) is 29.3 Å². The molecule has 2 heterocycles. The lowest BCUT2D eigenvalue weighted by atomic mass is 10.1. The second-order valence-corrected chi connectivity index (χ2v) is 5.60. The molecule has 4 heteroatoms. The zero-order chi connectivity index (χ0) is 8.72. The van der Waals surface area contributed by atoms with E-state index in [0.717, 1.165) is 29.0 Å². The summed E-state index contributed by atoms with van der Waals surface area (Å²) in [6.07, 6.45) is 1.10. The molecule has 2 rings (SSSR count). The quantitative estimate of drug-likeness (QED) is 0.760. The molecule has 1 aliphatic heterocycles. The number of anilines is 1. The van der Waals surface area contributed by atoms with Crippen LogP contribution in [0.5, 0.6) is 0 Å². The van der Waals surface area contributed by atoms with Crippen molar-refractivity contribution in [1.29, 1.82) is 0 Å². The summed E-state index contributed by atoms with van der Waals surface area (Å²) in [5.74, 6) is 0. The average Bonchev–Trinajstić information content (AvgIpc) is 2.28. The smallest absolute Gasteiger partial charge is 0.0933 e. The summed E-state index contributed by atoms with van der Waals surface area (Å²) < 4.78 is 1.10. The fourth-order valence-electron chi connectivity index (χ4n) is 1.52. The maximum Gasteiger partial charge on any atom is 0.0933 e. The van der Waals surface area contributed by atoms with Gasteiger partial charge in [-0.05, 0) is 35.0 Å². The SMILES string of the molecule is CN1CCc2c(sc(Br)c2N)C1. The first-order valence-electron chi connectivity index (χ1n) is 3.92. The number of nitrogens with two attached hydrogens (primary N) is 1. The molecular weight excluding hydrogens is 236 g/mol. The maximum atomic E-state index is 5.91. The molecule has 1 aliphatic rings. The van der Waals surface area contributed by atoms with Crippen molar-refractivity contribution in [2.75, 3.05) is 19.3 Å². The summed E-state index contributed by atoms with van der Waals surface area (Å²) in [4.78, 5) is 3.75. The number of rotatable bonds is 0. The first-order chi connectivity index (χ1) is 5.68. The number of hydrogen-bond donors (Lipinski definition) is 1. The third-order valence-electron chi connectivity index (χ3n) is 2.24. The molecule has 0 saturated carbocycles. The Kier molecular flexibility index (Phi) is 2.14. The lowest BCUT2D eigenvalue weighted by Gasteiger charge is -2.22. The van der Waals surface area contributed by atoms with Gasteiger partial charge in [0.2, 0.25) is 0 Å². The molecule has 0 spiro atoms. The number of hydrogen-bond acceptors (Lipinski definition) is 3. The molecule has 0 saturated heterocycles. The third kappa shape index (κ3) is 1.28. The predicted molar refractivity (Wildman–Crippen MR) is 56.5 cm³/mol. The van der Waals surface area contributed by atoms with Gasteiger partial charge in [-0.15, -0.1) is 11.3 Å². The van der Waals surface area contributed by atoms with Gasteiger partial charge >= 0.3 is 0 Å². The molecule has 12 heavy (non-hydrogen) atoms. The molecule has 1 aromatic heterocycles. The monoisotopic (exact) mass is 246 g/mol. The Labute approximate surface area is 84.5 Å². The van der Waals surface area contributed by atoms with Crippen molar-refractivity contribution in [1.82, 2.24) is 4.90 Å². The van der Waals surface area contributed by atoms with Gasteiger partial charge in [0.05, 0.1) is 9.47 Å². The van der Waals surface area contributed by atoms with Crippen molar-refractivity contribution < 1.29 is 0 Å². The number of nitrogens with zero attached hydrogens (tertiary/aromatic N) is 1. The fraction of sp³-hybridized carbons (Fsp3) is 0.500. The molecule has 1 aromatic rings. The van der Waals surface area contributed by atoms with Crippen LogP contribution in [0.1, 0.15) is 10.4 Å². The summed E-state index contributed by atoms with van der Waals surface area (Å²) in [5, 5.41) is 0. The Morgan fingerprint density at radius 2 is 2.33 bits per heavy atom. The minimum absolute atomic E-state index is 0.961. The van der Waals surface area contributed by atoms with Crippen LogP contribution < -0.4 is 5.73 Å². The van der Waals surface area contributed by atoms with Gasteiger partial charge in [-0.2, -0.15) is 0 Å². The first kappa shape index (κ1) is 8.53. The van der Waals surface area contributed by atoms with Crippen LogP contribution in [0.15, 0.2) is 3.79 Å². The van der Waals surface area contributed by atoms with Gasteiger partial charge < -0.3 is 10.6 Å². The maximum absolute atomic E-state index is 5.91. The van der Waals surface area contributed by atoms with Crippen LogP contribution in [0.25, 0.3) is 0 Å². The Morgan fingerprint density at radius 3 is 3.08 bits per heavy atom. The standard InChI is InChI=1S/C8H11BrN2S/c1-11-3-2-5-6(4-11)12-8(9)7(5)10/h2-4,10H2,1H3. The molecule has 0 aromatic carbocycles. The average molecular weight is 247 g/mol. The van der Waals surface area contributed by atoms with Crippen molar-refractivity contribution in [3.05, 3.63) is 14.2 Å². The molecule has 0 amide bonds. The Balaban J connectivity index is 2.43. The predicted octanol–water partition coefficient (Wildman–Crippen LogP) is 2.08. The van der Waals surface area contributed by atoms with E-state index >= 15 is 0 Å². The first-order valence-corrected chi connectivity index (χ1v) is 5.53. The number of halogens is 1. The summed E-state index contributed by atoms with van der Waals surface area (Å²) in [7, 11) is 2.15. The molecular formula is C8H11BrN2S. The number of likely N-dealkylation sites (N-methyl/N-ethyl adjacent to an activating group) is 1. The van der Waals surface area contributed by atoms with E-state index in [1.54, 1.807) is 11.3 Å². The zero-order valence-electron chi connectivity index (χ0n) is 6.93. The second-order valence-electron chi connectivity index (χ2n) is 3.18. The van der Waals surface area contributed by atoms with Gasteiger partial charge in [-0.3, -0.25) is 0 Å². The van der Waals surface area contributed by atoms with Crippen molar-refractivity contribution in [3.63, 3.8) is 0 Å². The second kappa shape index (κ2) is 3.01. The molecule has 0 unspecified atom stereocenters. The molecule has 0 radical (unpaired) electrons. The number of thiophene rings is 1. The lowest BCUT2D eigenvalue weighted by molar-refractivity contribution is 0.317. The van der Waals surface area contributed by atoms with E-state index < -0.39 is 0 Å². The van der Waals surface area contributed by atoms with E-state index in [0.29, 0.717) is 0 Å². The Bertz CT molecular complexity index is 308. The van der Waals surface area contributed by atoms with Gasteiger partial charge in [-0.1, -0.05) is 0 Å². The van der Waals surface area contributed by atoms with Crippen LogP contribution in [0.4, 0.5) is 5.69 Å². The van der Waals surface area contributed by atoms with Gasteiger partial charge in [0.1, 0.15) is 0 Å². The minimum atomic E-state index is 0.961. The lowest BCUT2D eigenvalue weighted by Crippen LogP contribution is -2.25. The van der Waals surface area contributed by atoms with Gasteiger partial charge in [-0.25, -0.2) is 0 Å². The van der Waals surface area contributed by atoms with Crippen LogP contribution in [-0.4, -0.2) is 18.5 Å². The molecule has 0 bridgehead atoms. The van der Waals surface area contributed by atoms with Crippen molar-refractivity contribution in [2.45, 2.75) is 13.0 Å². The molecule has 0 atom stereocenters. The normalized spacial score (nSPS) is 17.8. The zero-order valence-corrected chi connectivity index (χ0v) is 9.33. The van der Waals surface area contributed by atoms with Crippen LogP contribution in [0.3, 0.4) is 0 Å². The van der Waals surface area contributed by atoms with Gasteiger partial charge in [0.25, 0.3) is 0 Å². The van der Waals surface area contributed by atoms with Crippen LogP contribution >= 0.6 is 27.3 Å². The minimum Gasteiger partial charge on any atom is -0.397 e. The van der Waals surface area contributed by atoms with E-state index in [-0.39, 0.29) is 0 Å². The molecule has 66 valence electrons. The summed E-state index contributed by atoms with van der Waals surface area (Å²) in [6.45, 7) is 2.18. The van der Waals surface area contributed by atoms with E-state index in [4.69, 9.17) is 5.73 Å². The van der Waals surface area contributed by atoms with E-state index in [2.05, 4.69) is 27.9 Å². The summed E-state index contributed by atoms with van der Waals surface area (Å²) in [5.41, 5.74) is 8.24. The van der Waals surface area contributed by atoms with Gasteiger partial charge in [0, 0.05) is 18.0 Å². The molecule has 0 fully saturated rings. The van der Waals surface area contributed by atoms with Crippen molar-refractivity contribution >= 4 is 33.0 Å². The van der Waals surface area contributed by atoms with E-state index in [1.807, 2.05) is 0 Å². The van der Waals surface area contributed by atoms with E-state index in [9.17, 15) is 0 Å². The highest BCUT2D eigenvalue weighted by Crippen LogP contribution is 2.38. The van der Waals surface area contributed by atoms with Crippen LogP contribution in [0, 0.1) is 0 Å². The largest absolute Gasteiger partial charge is 0.397 e. The Hall–Kier alpha value is -0.0600. The molecule has 2 N–H and O–H groups in total. The van der Waals surface area contributed by atoms with Crippen LogP contribution in [0.2, 0.25) is 0 Å². The van der Waals surface area contributed by atoms with E-state index in [1.165, 1.54) is 10.4 Å². The number of nitrogen functional groups attached to an aromatic ring is 1. The van der Waals surface area contributed by atoms with Gasteiger partial charge in [0.15, 0.2) is 0 Å². The highest BCUT2D eigenvalue weighted by atomic mass is 79.9. The Morgan fingerprint density at radius 1 is 1.58 bits per heavy atom. The fourth-order valence-corrected chi connectivity index (χ4v) is 3.42. The van der Waals surface area contributed by atoms with Crippen molar-refractivity contribution in [2.24, 2.45) is 0 Å². The summed E-state index contributed by atoms with van der Waals surface area (Å²) >= 11 is 5.24.